The monoisotopic (exact) mass is 273 g/mol. The molecule has 1 heterocycles. The predicted molar refractivity (Wildman–Crippen MR) is 81.9 cm³/mol. The van der Waals surface area contributed by atoms with Gasteiger partial charge in [0.1, 0.15) is 5.75 Å². The molecule has 0 amide bonds. The fourth-order valence-electron chi connectivity index (χ4n) is 2.24. The third kappa shape index (κ3) is 3.39. The van der Waals surface area contributed by atoms with Crippen molar-refractivity contribution in [2.24, 2.45) is 0 Å². The first-order valence-electron chi connectivity index (χ1n) is 7.19. The summed E-state index contributed by atoms with van der Waals surface area (Å²) in [4.78, 5) is 0. The zero-order valence-electron chi connectivity index (χ0n) is 12.5. The van der Waals surface area contributed by atoms with E-state index in [2.05, 4.69) is 42.6 Å². The van der Waals surface area contributed by atoms with Crippen molar-refractivity contribution in [2.75, 3.05) is 13.7 Å². The summed E-state index contributed by atoms with van der Waals surface area (Å²) in [5, 5.41) is 7.79. The molecular weight excluding hydrogens is 250 g/mol. The largest absolute Gasteiger partial charge is 0.497 e. The van der Waals surface area contributed by atoms with Crippen LogP contribution in [-0.4, -0.2) is 23.4 Å². The topological polar surface area (TPSA) is 39.1 Å². The molecule has 0 radical (unpaired) electrons. The number of hydrogen-bond donors (Lipinski definition) is 1. The third-order valence-corrected chi connectivity index (χ3v) is 3.27. The highest BCUT2D eigenvalue weighted by molar-refractivity contribution is 5.67. The maximum absolute atomic E-state index is 5.32. The van der Waals surface area contributed by atoms with Crippen molar-refractivity contribution in [1.82, 2.24) is 15.1 Å². The quantitative estimate of drug-likeness (QED) is 0.842. The minimum Gasteiger partial charge on any atom is -0.497 e. The standard InChI is InChI=1S/C16H23N3O/c1-4-8-19-12-14(11-18-19)16-7-6-15(20-3)9-13(16)10-17-5-2/h6-7,9,11-12,17H,4-5,8,10H2,1-3H3. The molecule has 1 aromatic carbocycles. The van der Waals surface area contributed by atoms with Crippen molar-refractivity contribution in [2.45, 2.75) is 33.4 Å². The van der Waals surface area contributed by atoms with Crippen molar-refractivity contribution in [3.8, 4) is 16.9 Å². The number of nitrogens with zero attached hydrogens (tertiary/aromatic N) is 2. The lowest BCUT2D eigenvalue weighted by Crippen LogP contribution is -2.12. The zero-order valence-corrected chi connectivity index (χ0v) is 12.5. The summed E-state index contributed by atoms with van der Waals surface area (Å²) < 4.78 is 7.32. The van der Waals surface area contributed by atoms with Crippen molar-refractivity contribution in [3.05, 3.63) is 36.2 Å². The first-order valence-corrected chi connectivity index (χ1v) is 7.19. The molecule has 0 fully saturated rings. The summed E-state index contributed by atoms with van der Waals surface area (Å²) in [6.07, 6.45) is 5.14. The zero-order chi connectivity index (χ0) is 14.4. The molecule has 2 rings (SSSR count). The Labute approximate surface area is 120 Å². The Morgan fingerprint density at radius 2 is 2.15 bits per heavy atom. The molecule has 20 heavy (non-hydrogen) atoms. The number of ether oxygens (including phenoxy) is 1. The Morgan fingerprint density at radius 1 is 1.30 bits per heavy atom. The number of methoxy groups -OCH3 is 1. The molecule has 0 aliphatic carbocycles. The number of nitrogens with one attached hydrogen (secondary N) is 1. The van der Waals surface area contributed by atoms with E-state index in [1.165, 1.54) is 11.1 Å². The molecule has 0 atom stereocenters. The Hall–Kier alpha value is -1.81. The van der Waals surface area contributed by atoms with Gasteiger partial charge in [-0.15, -0.1) is 0 Å². The van der Waals surface area contributed by atoms with Crippen LogP contribution in [0.3, 0.4) is 0 Å². The van der Waals surface area contributed by atoms with Gasteiger partial charge in [-0.25, -0.2) is 0 Å². The highest BCUT2D eigenvalue weighted by Crippen LogP contribution is 2.27. The van der Waals surface area contributed by atoms with E-state index in [1.54, 1.807) is 7.11 Å². The predicted octanol–water partition coefficient (Wildman–Crippen LogP) is 3.08. The van der Waals surface area contributed by atoms with Gasteiger partial charge in [0, 0.05) is 24.8 Å². The second kappa shape index (κ2) is 7.10. The molecule has 1 N–H and O–H groups in total. The summed E-state index contributed by atoms with van der Waals surface area (Å²) in [5.41, 5.74) is 3.62. The minimum absolute atomic E-state index is 0.835. The van der Waals surface area contributed by atoms with Crippen LogP contribution in [0.2, 0.25) is 0 Å². The second-order valence-corrected chi connectivity index (χ2v) is 4.80. The van der Waals surface area contributed by atoms with Gasteiger partial charge >= 0.3 is 0 Å². The van der Waals surface area contributed by atoms with Crippen molar-refractivity contribution >= 4 is 0 Å². The van der Waals surface area contributed by atoms with E-state index in [4.69, 9.17) is 4.74 Å². The van der Waals surface area contributed by atoms with Gasteiger partial charge in [-0.3, -0.25) is 4.68 Å². The number of hydrogen-bond acceptors (Lipinski definition) is 3. The van der Waals surface area contributed by atoms with E-state index >= 15 is 0 Å². The first kappa shape index (κ1) is 14.6. The fraction of sp³-hybridized carbons (Fsp3) is 0.438. The van der Waals surface area contributed by atoms with E-state index in [1.807, 2.05) is 16.9 Å². The van der Waals surface area contributed by atoms with Crippen LogP contribution < -0.4 is 10.1 Å². The molecule has 0 aliphatic rings. The van der Waals surface area contributed by atoms with Gasteiger partial charge in [0.15, 0.2) is 0 Å². The first-order chi connectivity index (χ1) is 9.78. The van der Waals surface area contributed by atoms with Gasteiger partial charge < -0.3 is 10.1 Å². The van der Waals surface area contributed by atoms with E-state index in [0.717, 1.165) is 37.4 Å². The molecule has 0 spiro atoms. The number of benzene rings is 1. The summed E-state index contributed by atoms with van der Waals surface area (Å²) in [5.74, 6) is 0.891. The lowest BCUT2D eigenvalue weighted by atomic mass is 10.0. The second-order valence-electron chi connectivity index (χ2n) is 4.80. The van der Waals surface area contributed by atoms with Crippen LogP contribution in [0, 0.1) is 0 Å². The Kier molecular flexibility index (Phi) is 5.18. The highest BCUT2D eigenvalue weighted by atomic mass is 16.5. The van der Waals surface area contributed by atoms with E-state index in [0.29, 0.717) is 0 Å². The van der Waals surface area contributed by atoms with E-state index in [9.17, 15) is 0 Å². The SMILES string of the molecule is CCCn1cc(-c2ccc(OC)cc2CNCC)cn1. The van der Waals surface area contributed by atoms with Crippen molar-refractivity contribution in [1.29, 1.82) is 0 Å². The van der Waals surface area contributed by atoms with Gasteiger partial charge in [-0.05, 0) is 36.2 Å². The summed E-state index contributed by atoms with van der Waals surface area (Å²) >= 11 is 0. The van der Waals surface area contributed by atoms with Gasteiger partial charge in [-0.1, -0.05) is 19.9 Å². The summed E-state index contributed by atoms with van der Waals surface area (Å²) in [6.45, 7) is 7.01. The molecule has 108 valence electrons. The molecule has 4 nitrogen and oxygen atoms in total. The van der Waals surface area contributed by atoms with Crippen LogP contribution in [0.15, 0.2) is 30.6 Å². The molecule has 4 heteroatoms. The Morgan fingerprint density at radius 3 is 2.85 bits per heavy atom. The van der Waals surface area contributed by atoms with Gasteiger partial charge in [0.25, 0.3) is 0 Å². The normalized spacial score (nSPS) is 10.8. The van der Waals surface area contributed by atoms with Crippen molar-refractivity contribution in [3.63, 3.8) is 0 Å². The lowest BCUT2D eigenvalue weighted by Gasteiger charge is -2.10. The maximum Gasteiger partial charge on any atom is 0.119 e. The molecule has 0 bridgehead atoms. The third-order valence-electron chi connectivity index (χ3n) is 3.27. The molecule has 1 aromatic heterocycles. The molecule has 0 aliphatic heterocycles. The summed E-state index contributed by atoms with van der Waals surface area (Å²) in [6, 6.07) is 6.20. The Bertz CT molecular complexity index is 548. The molecular formula is C16H23N3O. The van der Waals surface area contributed by atoms with E-state index < -0.39 is 0 Å². The lowest BCUT2D eigenvalue weighted by molar-refractivity contribution is 0.414. The average molecular weight is 273 g/mol. The number of aryl methyl sites for hydroxylation is 1. The smallest absolute Gasteiger partial charge is 0.119 e. The maximum atomic E-state index is 5.32. The molecule has 2 aromatic rings. The average Bonchev–Trinajstić information content (AvgIpc) is 2.93. The van der Waals surface area contributed by atoms with E-state index in [-0.39, 0.29) is 0 Å². The molecule has 0 saturated heterocycles. The Balaban J connectivity index is 2.32. The van der Waals surface area contributed by atoms with Gasteiger partial charge in [-0.2, -0.15) is 5.10 Å². The van der Waals surface area contributed by atoms with Crippen LogP contribution in [-0.2, 0) is 13.1 Å². The van der Waals surface area contributed by atoms with Crippen LogP contribution in [0.5, 0.6) is 5.75 Å². The number of rotatable bonds is 7. The summed E-state index contributed by atoms with van der Waals surface area (Å²) in [7, 11) is 1.70. The van der Waals surface area contributed by atoms with Crippen LogP contribution >= 0.6 is 0 Å². The molecule has 0 unspecified atom stereocenters. The fourth-order valence-corrected chi connectivity index (χ4v) is 2.24. The number of aromatic nitrogens is 2. The molecule has 0 saturated carbocycles. The van der Waals surface area contributed by atoms with Gasteiger partial charge in [0.05, 0.1) is 13.3 Å². The van der Waals surface area contributed by atoms with Crippen LogP contribution in [0.4, 0.5) is 0 Å². The minimum atomic E-state index is 0.835. The van der Waals surface area contributed by atoms with Crippen molar-refractivity contribution < 1.29 is 4.74 Å². The van der Waals surface area contributed by atoms with Crippen LogP contribution in [0.25, 0.3) is 11.1 Å². The highest BCUT2D eigenvalue weighted by Gasteiger charge is 2.08. The van der Waals surface area contributed by atoms with Gasteiger partial charge in [0.2, 0.25) is 0 Å². The van der Waals surface area contributed by atoms with Crippen LogP contribution in [0.1, 0.15) is 25.8 Å².